The topological polar surface area (TPSA) is 51.8 Å². The summed E-state index contributed by atoms with van der Waals surface area (Å²) >= 11 is 0. The van der Waals surface area contributed by atoms with Gasteiger partial charge in [0.25, 0.3) is 0 Å². The summed E-state index contributed by atoms with van der Waals surface area (Å²) in [4.78, 5) is 8.60. The zero-order chi connectivity index (χ0) is 12.4. The van der Waals surface area contributed by atoms with Crippen LogP contribution in [0.15, 0.2) is 42.7 Å². The van der Waals surface area contributed by atoms with Gasteiger partial charge in [-0.2, -0.15) is 0 Å². The number of rotatable bonds is 2. The molecule has 3 rings (SSSR count). The highest BCUT2D eigenvalue weighted by molar-refractivity contribution is 5.36. The molecule has 3 nitrogen and oxygen atoms in total. The van der Waals surface area contributed by atoms with Crippen molar-refractivity contribution in [3.63, 3.8) is 0 Å². The summed E-state index contributed by atoms with van der Waals surface area (Å²) in [6.45, 7) is 0. The molecule has 0 radical (unpaired) electrons. The molecule has 0 fully saturated rings. The maximum atomic E-state index is 6.62. The van der Waals surface area contributed by atoms with Gasteiger partial charge in [-0.15, -0.1) is 0 Å². The molecule has 1 aromatic heterocycles. The van der Waals surface area contributed by atoms with Gasteiger partial charge in [0.2, 0.25) is 0 Å². The van der Waals surface area contributed by atoms with E-state index in [1.54, 1.807) is 12.4 Å². The second kappa shape index (κ2) is 4.50. The lowest BCUT2D eigenvalue weighted by molar-refractivity contribution is 0.362. The summed E-state index contributed by atoms with van der Waals surface area (Å²) in [5.41, 5.74) is 8.96. The molecule has 2 aromatic rings. The van der Waals surface area contributed by atoms with Gasteiger partial charge in [0.1, 0.15) is 5.82 Å². The Balaban J connectivity index is 1.96. The zero-order valence-corrected chi connectivity index (χ0v) is 10.3. The Labute approximate surface area is 107 Å². The number of hydrogen-bond donors (Lipinski definition) is 1. The molecule has 0 amide bonds. The molecular formula is C15H17N3. The van der Waals surface area contributed by atoms with Gasteiger partial charge < -0.3 is 5.73 Å². The Kier molecular flexibility index (Phi) is 2.84. The van der Waals surface area contributed by atoms with Crippen LogP contribution in [0.5, 0.6) is 0 Å². The molecule has 1 aliphatic rings. The van der Waals surface area contributed by atoms with E-state index in [0.717, 1.165) is 25.1 Å². The van der Waals surface area contributed by atoms with Crippen LogP contribution >= 0.6 is 0 Å². The average molecular weight is 239 g/mol. The van der Waals surface area contributed by atoms with Crippen LogP contribution in [0.2, 0.25) is 0 Å². The fraction of sp³-hybridized carbons (Fsp3) is 0.333. The lowest BCUT2D eigenvalue weighted by Crippen LogP contribution is -2.42. The second-order valence-electron chi connectivity index (χ2n) is 5.01. The molecule has 0 aliphatic heterocycles. The molecule has 0 saturated carbocycles. The molecule has 18 heavy (non-hydrogen) atoms. The first-order valence-electron chi connectivity index (χ1n) is 6.41. The Hall–Kier alpha value is -1.74. The van der Waals surface area contributed by atoms with Crippen molar-refractivity contribution >= 4 is 0 Å². The molecule has 92 valence electrons. The molecule has 2 N–H and O–H groups in total. The molecule has 1 aromatic carbocycles. The van der Waals surface area contributed by atoms with Crippen LogP contribution in [-0.2, 0) is 18.4 Å². The maximum Gasteiger partial charge on any atom is 0.130 e. The fourth-order valence-corrected chi connectivity index (χ4v) is 2.84. The minimum atomic E-state index is -0.309. The third-order valence-electron chi connectivity index (χ3n) is 3.72. The number of fused-ring (bicyclic) bond motifs is 1. The van der Waals surface area contributed by atoms with Crippen molar-refractivity contribution in [1.82, 2.24) is 9.97 Å². The molecule has 1 unspecified atom stereocenters. The van der Waals surface area contributed by atoms with Crippen molar-refractivity contribution in [1.29, 1.82) is 0 Å². The van der Waals surface area contributed by atoms with Crippen LogP contribution in [0.25, 0.3) is 0 Å². The van der Waals surface area contributed by atoms with Crippen molar-refractivity contribution < 1.29 is 0 Å². The van der Waals surface area contributed by atoms with Crippen molar-refractivity contribution in [2.45, 2.75) is 31.2 Å². The Bertz CT molecular complexity index is 538. The summed E-state index contributed by atoms with van der Waals surface area (Å²) in [7, 11) is 0. The summed E-state index contributed by atoms with van der Waals surface area (Å²) in [5.74, 6) is 0.830. The van der Waals surface area contributed by atoms with Crippen molar-refractivity contribution in [3.8, 4) is 0 Å². The largest absolute Gasteiger partial charge is 0.321 e. The van der Waals surface area contributed by atoms with Crippen LogP contribution < -0.4 is 5.73 Å². The lowest BCUT2D eigenvalue weighted by Gasteiger charge is -2.35. The maximum absolute atomic E-state index is 6.62. The van der Waals surface area contributed by atoms with Crippen molar-refractivity contribution in [2.24, 2.45) is 5.73 Å². The standard InChI is InChI=1S/C15H17N3/c16-15(11-14-17-9-4-10-18-14)8-3-6-12-5-1-2-7-13(12)15/h1-2,4-5,7,9-10H,3,6,8,11,16H2. The molecular weight excluding hydrogens is 222 g/mol. The number of benzene rings is 1. The molecule has 1 aliphatic carbocycles. The molecule has 1 atom stereocenters. The van der Waals surface area contributed by atoms with Crippen LogP contribution in [0.1, 0.15) is 29.8 Å². The normalized spacial score (nSPS) is 22.5. The molecule has 0 saturated heterocycles. The highest BCUT2D eigenvalue weighted by atomic mass is 14.9. The minimum absolute atomic E-state index is 0.309. The quantitative estimate of drug-likeness (QED) is 0.874. The van der Waals surface area contributed by atoms with E-state index in [-0.39, 0.29) is 5.54 Å². The highest BCUT2D eigenvalue weighted by Gasteiger charge is 2.33. The van der Waals surface area contributed by atoms with E-state index < -0.39 is 0 Å². The summed E-state index contributed by atoms with van der Waals surface area (Å²) < 4.78 is 0. The zero-order valence-electron chi connectivity index (χ0n) is 10.3. The highest BCUT2D eigenvalue weighted by Crippen LogP contribution is 2.35. The second-order valence-corrected chi connectivity index (χ2v) is 5.01. The number of aromatic nitrogens is 2. The van der Waals surface area contributed by atoms with Gasteiger partial charge in [-0.3, -0.25) is 0 Å². The number of aryl methyl sites for hydroxylation is 1. The summed E-state index contributed by atoms with van der Waals surface area (Å²) in [5, 5.41) is 0. The Morgan fingerprint density at radius 1 is 1.11 bits per heavy atom. The third kappa shape index (κ3) is 2.02. The van der Waals surface area contributed by atoms with Crippen LogP contribution in [0.3, 0.4) is 0 Å². The van der Waals surface area contributed by atoms with Crippen LogP contribution in [0, 0.1) is 0 Å². The minimum Gasteiger partial charge on any atom is -0.321 e. The van der Waals surface area contributed by atoms with Crippen molar-refractivity contribution in [3.05, 3.63) is 59.7 Å². The molecule has 0 bridgehead atoms. The van der Waals surface area contributed by atoms with Gasteiger partial charge in [-0.1, -0.05) is 24.3 Å². The van der Waals surface area contributed by atoms with Gasteiger partial charge in [0.15, 0.2) is 0 Å². The average Bonchev–Trinajstić information content (AvgIpc) is 2.40. The molecule has 3 heteroatoms. The van der Waals surface area contributed by atoms with Gasteiger partial charge in [-0.05, 0) is 36.5 Å². The Morgan fingerprint density at radius 3 is 2.72 bits per heavy atom. The SMILES string of the molecule is NC1(Cc2ncccn2)CCCc2ccccc21. The third-order valence-corrected chi connectivity index (χ3v) is 3.72. The van der Waals surface area contributed by atoms with Gasteiger partial charge in [0.05, 0.1) is 0 Å². The lowest BCUT2D eigenvalue weighted by atomic mass is 9.75. The number of nitrogens with zero attached hydrogens (tertiary/aromatic N) is 2. The van der Waals surface area contributed by atoms with Gasteiger partial charge in [-0.25, -0.2) is 9.97 Å². The molecule has 0 spiro atoms. The first-order valence-corrected chi connectivity index (χ1v) is 6.41. The monoisotopic (exact) mass is 239 g/mol. The number of nitrogens with two attached hydrogens (primary N) is 1. The fourth-order valence-electron chi connectivity index (χ4n) is 2.84. The molecule has 1 heterocycles. The smallest absolute Gasteiger partial charge is 0.130 e. The number of hydrogen-bond acceptors (Lipinski definition) is 3. The Morgan fingerprint density at radius 2 is 1.89 bits per heavy atom. The first-order chi connectivity index (χ1) is 8.78. The van der Waals surface area contributed by atoms with Gasteiger partial charge in [0, 0.05) is 24.4 Å². The summed E-state index contributed by atoms with van der Waals surface area (Å²) in [6, 6.07) is 10.3. The predicted molar refractivity (Wildman–Crippen MR) is 71.0 cm³/mol. The summed E-state index contributed by atoms with van der Waals surface area (Å²) in [6.07, 6.45) is 7.54. The van der Waals surface area contributed by atoms with E-state index >= 15 is 0 Å². The van der Waals surface area contributed by atoms with E-state index in [0.29, 0.717) is 6.42 Å². The van der Waals surface area contributed by atoms with E-state index in [9.17, 15) is 0 Å². The van der Waals surface area contributed by atoms with Gasteiger partial charge >= 0.3 is 0 Å². The van der Waals surface area contributed by atoms with Crippen molar-refractivity contribution in [2.75, 3.05) is 0 Å². The van der Waals surface area contributed by atoms with Crippen LogP contribution in [0.4, 0.5) is 0 Å². The van der Waals surface area contributed by atoms with Crippen LogP contribution in [-0.4, -0.2) is 9.97 Å². The van der Waals surface area contributed by atoms with E-state index in [4.69, 9.17) is 5.73 Å². The van der Waals surface area contributed by atoms with E-state index in [1.807, 2.05) is 6.07 Å². The predicted octanol–water partition coefficient (Wildman–Crippen LogP) is 2.21. The first kappa shape index (κ1) is 11.4. The van der Waals surface area contributed by atoms with E-state index in [2.05, 4.69) is 34.2 Å². The van der Waals surface area contributed by atoms with E-state index in [1.165, 1.54) is 11.1 Å².